The fourth-order valence-electron chi connectivity index (χ4n) is 5.86. The number of carbonyl (C=O) groups excluding carboxylic acids is 3. The van der Waals surface area contributed by atoms with Gasteiger partial charge in [0.15, 0.2) is 0 Å². The van der Waals surface area contributed by atoms with Crippen molar-refractivity contribution in [1.82, 2.24) is 30.5 Å². The first-order valence-corrected chi connectivity index (χ1v) is 12.9. The minimum absolute atomic E-state index is 0.0697. The molecule has 0 saturated carbocycles. The second kappa shape index (κ2) is 9.47. The lowest BCUT2D eigenvalue weighted by molar-refractivity contribution is -0.142. The minimum atomic E-state index is -1.12. The van der Waals surface area contributed by atoms with Crippen molar-refractivity contribution < 1.29 is 24.2 Å². The molecule has 0 radical (unpaired) electrons. The first kappa shape index (κ1) is 24.1. The summed E-state index contributed by atoms with van der Waals surface area (Å²) in [5.74, 6) is -2.31. The van der Waals surface area contributed by atoms with Gasteiger partial charge in [0, 0.05) is 24.5 Å². The zero-order valence-electron chi connectivity index (χ0n) is 19.4. The molecule has 3 aliphatic rings. The predicted molar refractivity (Wildman–Crippen MR) is 128 cm³/mol. The molecular formula is C23H29BrN6O5. The highest BCUT2D eigenvalue weighted by molar-refractivity contribution is 9.09. The van der Waals surface area contributed by atoms with Gasteiger partial charge in [-0.25, -0.2) is 4.68 Å². The number of carbonyl (C=O) groups is 3. The summed E-state index contributed by atoms with van der Waals surface area (Å²) in [4.78, 5) is 41.7. The fourth-order valence-corrected chi connectivity index (χ4v) is 6.80. The standard InChI is InChI=1S/C23H29BrN6O5/c1-2-8-25-20(32)16-17-22(34)29(9-5-10-31)19(23(17)11-13(24)18(16)35-23)21(33)26-12-30-15-7-4-3-6-14(15)27-28-30/h3-4,6-7,13,16-19,31H,2,5,8-12H2,1H3,(H,25,32)(H,26,33)/t13?,16-,17+,18-,19?,23?/m1/s1. The van der Waals surface area contributed by atoms with E-state index in [0.717, 1.165) is 11.9 Å². The molecule has 3 saturated heterocycles. The Bertz CT molecular complexity index is 1140. The molecule has 12 heteroatoms. The van der Waals surface area contributed by atoms with E-state index in [9.17, 15) is 19.5 Å². The van der Waals surface area contributed by atoms with E-state index in [0.29, 0.717) is 24.9 Å². The molecule has 0 aliphatic carbocycles. The normalized spacial score (nSPS) is 31.2. The molecule has 1 aromatic carbocycles. The molecule has 3 amide bonds. The second-order valence-electron chi connectivity index (χ2n) is 9.34. The lowest BCUT2D eigenvalue weighted by Gasteiger charge is -2.34. The molecule has 3 unspecified atom stereocenters. The summed E-state index contributed by atoms with van der Waals surface area (Å²) in [6.45, 7) is 2.61. The van der Waals surface area contributed by atoms with Crippen LogP contribution in [0.25, 0.3) is 11.0 Å². The average Bonchev–Trinajstić information content (AvgIpc) is 3.57. The maximum atomic E-state index is 13.7. The van der Waals surface area contributed by atoms with Crippen LogP contribution in [0, 0.1) is 11.8 Å². The summed E-state index contributed by atoms with van der Waals surface area (Å²) < 4.78 is 7.99. The Morgan fingerprint density at radius 3 is 2.86 bits per heavy atom. The topological polar surface area (TPSA) is 139 Å². The zero-order valence-corrected chi connectivity index (χ0v) is 21.0. The number of fused-ring (bicyclic) bond motifs is 2. The number of halogens is 1. The molecule has 11 nitrogen and oxygen atoms in total. The van der Waals surface area contributed by atoms with Gasteiger partial charge < -0.3 is 25.4 Å². The van der Waals surface area contributed by atoms with Gasteiger partial charge in [0.1, 0.15) is 23.8 Å². The fraction of sp³-hybridized carbons (Fsp3) is 0.609. The number of alkyl halides is 1. The molecule has 1 spiro atoms. The van der Waals surface area contributed by atoms with Crippen molar-refractivity contribution in [2.75, 3.05) is 19.7 Å². The van der Waals surface area contributed by atoms with E-state index >= 15 is 0 Å². The second-order valence-corrected chi connectivity index (χ2v) is 10.5. The Morgan fingerprint density at radius 1 is 1.29 bits per heavy atom. The van der Waals surface area contributed by atoms with Crippen LogP contribution in [0.5, 0.6) is 0 Å². The third kappa shape index (κ3) is 3.82. The van der Waals surface area contributed by atoms with E-state index in [4.69, 9.17) is 4.74 Å². The van der Waals surface area contributed by atoms with E-state index in [-0.39, 0.29) is 42.4 Å². The van der Waals surface area contributed by atoms with Crippen molar-refractivity contribution in [2.45, 2.75) is 55.4 Å². The molecule has 2 bridgehead atoms. The Balaban J connectivity index is 1.43. The number of nitrogens with zero attached hydrogens (tertiary/aromatic N) is 4. The van der Waals surface area contributed by atoms with Crippen molar-refractivity contribution in [1.29, 1.82) is 0 Å². The average molecular weight is 549 g/mol. The van der Waals surface area contributed by atoms with Crippen LogP contribution < -0.4 is 10.6 Å². The van der Waals surface area contributed by atoms with Gasteiger partial charge in [0.25, 0.3) is 0 Å². The molecule has 6 atom stereocenters. The lowest BCUT2D eigenvalue weighted by atomic mass is 9.70. The molecule has 35 heavy (non-hydrogen) atoms. The van der Waals surface area contributed by atoms with Crippen LogP contribution in [0.2, 0.25) is 0 Å². The third-order valence-electron chi connectivity index (χ3n) is 7.27. The van der Waals surface area contributed by atoms with Crippen LogP contribution in [0.4, 0.5) is 0 Å². The molecule has 3 aliphatic heterocycles. The molecule has 5 rings (SSSR count). The molecule has 188 valence electrons. The van der Waals surface area contributed by atoms with Gasteiger partial charge in [0.05, 0.1) is 23.5 Å². The number of rotatable bonds is 9. The summed E-state index contributed by atoms with van der Waals surface area (Å²) in [7, 11) is 0. The number of aliphatic hydroxyl groups excluding tert-OH is 1. The molecule has 3 N–H and O–H groups in total. The highest BCUT2D eigenvalue weighted by Crippen LogP contribution is 2.59. The Morgan fingerprint density at radius 2 is 2.09 bits per heavy atom. The minimum Gasteiger partial charge on any atom is -0.396 e. The van der Waals surface area contributed by atoms with E-state index in [1.165, 1.54) is 4.90 Å². The van der Waals surface area contributed by atoms with Crippen LogP contribution in [-0.2, 0) is 25.8 Å². The lowest BCUT2D eigenvalue weighted by Crippen LogP contribution is -2.56. The van der Waals surface area contributed by atoms with Crippen molar-refractivity contribution in [3.63, 3.8) is 0 Å². The number of benzene rings is 1. The number of hydrogen-bond acceptors (Lipinski definition) is 7. The predicted octanol–water partition coefficient (Wildman–Crippen LogP) is 0.162. The zero-order chi connectivity index (χ0) is 24.7. The van der Waals surface area contributed by atoms with Gasteiger partial charge in [-0.15, -0.1) is 5.10 Å². The highest BCUT2D eigenvalue weighted by atomic mass is 79.9. The van der Waals surface area contributed by atoms with Crippen LogP contribution in [0.1, 0.15) is 26.2 Å². The number of para-hydroxylation sites is 1. The Hall–Kier alpha value is -2.57. The van der Waals surface area contributed by atoms with Crippen molar-refractivity contribution in [3.8, 4) is 0 Å². The van der Waals surface area contributed by atoms with Gasteiger partial charge in [-0.2, -0.15) is 0 Å². The van der Waals surface area contributed by atoms with E-state index in [1.807, 2.05) is 31.2 Å². The van der Waals surface area contributed by atoms with Crippen LogP contribution in [0.3, 0.4) is 0 Å². The monoisotopic (exact) mass is 548 g/mol. The SMILES string of the molecule is CCCNC(=O)[C@H]1[C@@H]2OC3(CC2Br)C(C(=O)NCn2nnc4ccccc42)N(CCCO)C(=O)[C@H]13. The largest absolute Gasteiger partial charge is 0.396 e. The molecule has 3 fully saturated rings. The summed E-state index contributed by atoms with van der Waals surface area (Å²) in [5, 5.41) is 23.4. The number of ether oxygens (including phenoxy) is 1. The summed E-state index contributed by atoms with van der Waals surface area (Å²) in [6.07, 6.45) is 1.04. The number of aromatic nitrogens is 3. The van der Waals surface area contributed by atoms with Gasteiger partial charge in [-0.3, -0.25) is 14.4 Å². The van der Waals surface area contributed by atoms with Crippen molar-refractivity contribution in [2.24, 2.45) is 11.8 Å². The smallest absolute Gasteiger partial charge is 0.247 e. The quantitative estimate of drug-likeness (QED) is 0.379. The van der Waals surface area contributed by atoms with Gasteiger partial charge in [0.2, 0.25) is 17.7 Å². The van der Waals surface area contributed by atoms with Crippen LogP contribution in [-0.4, -0.2) is 85.0 Å². The van der Waals surface area contributed by atoms with Crippen LogP contribution in [0.15, 0.2) is 24.3 Å². The van der Waals surface area contributed by atoms with E-state index < -0.39 is 29.6 Å². The molecule has 2 aromatic rings. The number of amides is 3. The Labute approximate surface area is 210 Å². The third-order valence-corrected chi connectivity index (χ3v) is 8.11. The van der Waals surface area contributed by atoms with Crippen molar-refractivity contribution >= 4 is 44.7 Å². The van der Waals surface area contributed by atoms with Gasteiger partial charge in [-0.1, -0.05) is 40.2 Å². The van der Waals surface area contributed by atoms with Crippen LogP contribution >= 0.6 is 15.9 Å². The van der Waals surface area contributed by atoms with Crippen molar-refractivity contribution in [3.05, 3.63) is 24.3 Å². The summed E-state index contributed by atoms with van der Waals surface area (Å²) >= 11 is 3.64. The van der Waals surface area contributed by atoms with Gasteiger partial charge >= 0.3 is 0 Å². The summed E-state index contributed by atoms with van der Waals surface area (Å²) in [6, 6.07) is 6.50. The first-order valence-electron chi connectivity index (χ1n) is 12.0. The number of hydrogen-bond donors (Lipinski definition) is 3. The number of aliphatic hydroxyl groups is 1. The molecular weight excluding hydrogens is 520 g/mol. The Kier molecular flexibility index (Phi) is 6.53. The maximum Gasteiger partial charge on any atom is 0.247 e. The number of likely N-dealkylation sites (tertiary alicyclic amines) is 1. The molecule has 1 aromatic heterocycles. The maximum absolute atomic E-state index is 13.7. The first-order chi connectivity index (χ1) is 16.9. The molecule has 4 heterocycles. The van der Waals surface area contributed by atoms with Gasteiger partial charge in [-0.05, 0) is 31.4 Å². The van der Waals surface area contributed by atoms with E-state index in [2.05, 4.69) is 36.9 Å². The number of nitrogens with one attached hydrogen (secondary N) is 2. The highest BCUT2D eigenvalue weighted by Gasteiger charge is 2.76. The summed E-state index contributed by atoms with van der Waals surface area (Å²) in [5.41, 5.74) is 0.366. The van der Waals surface area contributed by atoms with E-state index in [1.54, 1.807) is 4.68 Å².